The summed E-state index contributed by atoms with van der Waals surface area (Å²) in [5.41, 5.74) is -0.416. The number of carbonyl (C=O) groups is 1. The average molecular weight is 275 g/mol. The molecule has 1 rings (SSSR count). The number of aryl methyl sites for hydroxylation is 1. The monoisotopic (exact) mass is 274 g/mol. The molecule has 1 heterocycles. The topological polar surface area (TPSA) is 39.4 Å². The highest BCUT2D eigenvalue weighted by Crippen LogP contribution is 2.16. The van der Waals surface area contributed by atoms with E-state index in [0.717, 1.165) is 5.76 Å². The van der Waals surface area contributed by atoms with Crippen LogP contribution in [0.25, 0.3) is 0 Å². The van der Waals surface area contributed by atoms with Gasteiger partial charge in [0, 0.05) is 6.42 Å². The van der Waals surface area contributed by atoms with Crippen molar-refractivity contribution in [2.45, 2.75) is 39.2 Å². The molecule has 3 nitrogen and oxygen atoms in total. The summed E-state index contributed by atoms with van der Waals surface area (Å²) in [6.45, 7) is 5.57. The fourth-order valence-electron chi connectivity index (χ4n) is 1.10. The zero-order chi connectivity index (χ0) is 11.5. The number of hydrogen-bond donors (Lipinski definition) is 0. The lowest BCUT2D eigenvalue weighted by Gasteiger charge is -2.19. The maximum atomic E-state index is 11.4. The molecule has 15 heavy (non-hydrogen) atoms. The Labute approximate surface area is 97.9 Å². The lowest BCUT2D eigenvalue weighted by Crippen LogP contribution is -2.23. The minimum atomic E-state index is -0.416. The Morgan fingerprint density at radius 1 is 1.47 bits per heavy atom. The third-order valence-electron chi connectivity index (χ3n) is 1.62. The van der Waals surface area contributed by atoms with E-state index in [9.17, 15) is 4.79 Å². The molecule has 0 atom stereocenters. The SMILES string of the molecule is CC(C)(C)OC(=O)CCc1ccc(Br)o1. The molecule has 84 valence electrons. The summed E-state index contributed by atoms with van der Waals surface area (Å²) in [7, 11) is 0. The molecule has 0 radical (unpaired) electrons. The summed E-state index contributed by atoms with van der Waals surface area (Å²) in [5.74, 6) is 0.586. The Hall–Kier alpha value is -0.770. The summed E-state index contributed by atoms with van der Waals surface area (Å²) in [6, 6.07) is 3.65. The van der Waals surface area contributed by atoms with Crippen molar-refractivity contribution in [2.24, 2.45) is 0 Å². The van der Waals surface area contributed by atoms with Crippen LogP contribution in [0.3, 0.4) is 0 Å². The molecule has 0 aliphatic heterocycles. The van der Waals surface area contributed by atoms with Crippen LogP contribution in [0.4, 0.5) is 0 Å². The number of halogens is 1. The fourth-order valence-corrected chi connectivity index (χ4v) is 1.44. The number of carbonyl (C=O) groups excluding carboxylic acids is 1. The summed E-state index contributed by atoms with van der Waals surface area (Å²) < 4.78 is 11.1. The quantitative estimate of drug-likeness (QED) is 0.794. The molecule has 0 fully saturated rings. The van der Waals surface area contributed by atoms with Gasteiger partial charge in [-0.3, -0.25) is 4.79 Å². The Morgan fingerprint density at radius 3 is 2.60 bits per heavy atom. The zero-order valence-corrected chi connectivity index (χ0v) is 10.8. The molecule has 0 aromatic carbocycles. The summed E-state index contributed by atoms with van der Waals surface area (Å²) in [4.78, 5) is 11.4. The van der Waals surface area contributed by atoms with E-state index in [1.54, 1.807) is 0 Å². The van der Waals surface area contributed by atoms with E-state index in [1.807, 2.05) is 32.9 Å². The highest BCUT2D eigenvalue weighted by Gasteiger charge is 2.16. The van der Waals surface area contributed by atoms with E-state index >= 15 is 0 Å². The second-order valence-electron chi connectivity index (χ2n) is 4.29. The molecule has 0 saturated carbocycles. The summed E-state index contributed by atoms with van der Waals surface area (Å²) in [5, 5.41) is 0. The van der Waals surface area contributed by atoms with Crippen molar-refractivity contribution in [3.05, 3.63) is 22.6 Å². The van der Waals surface area contributed by atoms with Gasteiger partial charge in [-0.1, -0.05) is 0 Å². The van der Waals surface area contributed by atoms with Crippen LogP contribution in [-0.4, -0.2) is 11.6 Å². The molecule has 0 unspecified atom stereocenters. The van der Waals surface area contributed by atoms with Gasteiger partial charge in [0.25, 0.3) is 0 Å². The predicted octanol–water partition coefficient (Wildman–Crippen LogP) is 3.32. The standard InChI is InChI=1S/C11H15BrO3/c1-11(2,3)15-10(13)7-5-8-4-6-9(12)14-8/h4,6H,5,7H2,1-3H3. The normalized spacial score (nSPS) is 11.5. The van der Waals surface area contributed by atoms with Gasteiger partial charge in [0.2, 0.25) is 0 Å². The third-order valence-corrected chi connectivity index (χ3v) is 2.05. The first-order chi connectivity index (χ1) is 6.87. The van der Waals surface area contributed by atoms with Crippen LogP contribution < -0.4 is 0 Å². The van der Waals surface area contributed by atoms with Crippen molar-refractivity contribution in [1.82, 2.24) is 0 Å². The Bertz CT molecular complexity index is 336. The summed E-state index contributed by atoms with van der Waals surface area (Å²) in [6.07, 6.45) is 0.914. The largest absolute Gasteiger partial charge is 0.460 e. The smallest absolute Gasteiger partial charge is 0.306 e. The number of hydrogen-bond acceptors (Lipinski definition) is 3. The van der Waals surface area contributed by atoms with Crippen molar-refractivity contribution in [3.63, 3.8) is 0 Å². The van der Waals surface area contributed by atoms with Crippen LogP contribution >= 0.6 is 15.9 Å². The minimum absolute atomic E-state index is 0.199. The first kappa shape index (κ1) is 12.3. The van der Waals surface area contributed by atoms with Gasteiger partial charge in [0.15, 0.2) is 4.67 Å². The van der Waals surface area contributed by atoms with Gasteiger partial charge in [-0.15, -0.1) is 0 Å². The van der Waals surface area contributed by atoms with Gasteiger partial charge >= 0.3 is 5.97 Å². The van der Waals surface area contributed by atoms with E-state index in [1.165, 1.54) is 0 Å². The molecule has 0 bridgehead atoms. The number of rotatable bonds is 3. The molecule has 0 N–H and O–H groups in total. The number of esters is 1. The van der Waals surface area contributed by atoms with E-state index in [0.29, 0.717) is 17.5 Å². The molecular weight excluding hydrogens is 260 g/mol. The highest BCUT2D eigenvalue weighted by atomic mass is 79.9. The van der Waals surface area contributed by atoms with Crippen molar-refractivity contribution in [2.75, 3.05) is 0 Å². The van der Waals surface area contributed by atoms with Crippen LogP contribution in [0.1, 0.15) is 33.0 Å². The zero-order valence-electron chi connectivity index (χ0n) is 9.17. The van der Waals surface area contributed by atoms with Crippen molar-refractivity contribution in [3.8, 4) is 0 Å². The van der Waals surface area contributed by atoms with Gasteiger partial charge in [-0.2, -0.15) is 0 Å². The predicted molar refractivity (Wildman–Crippen MR) is 60.6 cm³/mol. The van der Waals surface area contributed by atoms with Crippen molar-refractivity contribution < 1.29 is 13.9 Å². The van der Waals surface area contributed by atoms with Gasteiger partial charge in [-0.25, -0.2) is 0 Å². The van der Waals surface area contributed by atoms with Crippen LogP contribution in [0, 0.1) is 0 Å². The van der Waals surface area contributed by atoms with E-state index in [2.05, 4.69) is 15.9 Å². The van der Waals surface area contributed by atoms with Crippen LogP contribution in [-0.2, 0) is 16.0 Å². The van der Waals surface area contributed by atoms with Gasteiger partial charge in [-0.05, 0) is 48.8 Å². The van der Waals surface area contributed by atoms with E-state index < -0.39 is 5.60 Å². The second-order valence-corrected chi connectivity index (χ2v) is 5.07. The lowest BCUT2D eigenvalue weighted by molar-refractivity contribution is -0.154. The first-order valence-electron chi connectivity index (χ1n) is 4.83. The molecule has 1 aromatic rings. The molecule has 0 spiro atoms. The maximum Gasteiger partial charge on any atom is 0.306 e. The fraction of sp³-hybridized carbons (Fsp3) is 0.545. The maximum absolute atomic E-state index is 11.4. The highest BCUT2D eigenvalue weighted by molar-refractivity contribution is 9.10. The molecule has 4 heteroatoms. The van der Waals surface area contributed by atoms with Crippen LogP contribution in [0.5, 0.6) is 0 Å². The molecule has 1 aromatic heterocycles. The van der Waals surface area contributed by atoms with Gasteiger partial charge < -0.3 is 9.15 Å². The molecular formula is C11H15BrO3. The molecule has 0 saturated heterocycles. The summed E-state index contributed by atoms with van der Waals surface area (Å²) >= 11 is 3.21. The van der Waals surface area contributed by atoms with Crippen molar-refractivity contribution in [1.29, 1.82) is 0 Å². The molecule has 0 amide bonds. The van der Waals surface area contributed by atoms with Gasteiger partial charge in [0.05, 0.1) is 6.42 Å². The Morgan fingerprint density at radius 2 is 2.13 bits per heavy atom. The van der Waals surface area contributed by atoms with Gasteiger partial charge in [0.1, 0.15) is 11.4 Å². The minimum Gasteiger partial charge on any atom is -0.460 e. The Kier molecular flexibility index (Phi) is 3.97. The Balaban J connectivity index is 2.35. The number of ether oxygens (including phenoxy) is 1. The molecule has 0 aliphatic carbocycles. The lowest BCUT2D eigenvalue weighted by atomic mass is 10.2. The van der Waals surface area contributed by atoms with Crippen molar-refractivity contribution >= 4 is 21.9 Å². The molecule has 0 aliphatic rings. The van der Waals surface area contributed by atoms with E-state index in [-0.39, 0.29) is 5.97 Å². The second kappa shape index (κ2) is 4.84. The third kappa shape index (κ3) is 5.02. The number of furan rings is 1. The average Bonchev–Trinajstić information content (AvgIpc) is 2.45. The van der Waals surface area contributed by atoms with Crippen LogP contribution in [0.2, 0.25) is 0 Å². The van der Waals surface area contributed by atoms with Crippen LogP contribution in [0.15, 0.2) is 21.2 Å². The first-order valence-corrected chi connectivity index (χ1v) is 5.62. The van der Waals surface area contributed by atoms with E-state index in [4.69, 9.17) is 9.15 Å².